The predicted octanol–water partition coefficient (Wildman–Crippen LogP) is 5.76. The van der Waals surface area contributed by atoms with Crippen molar-refractivity contribution in [1.29, 1.82) is 0 Å². The number of methoxy groups -OCH3 is 1. The Kier molecular flexibility index (Phi) is 7.14. The molecule has 0 saturated carbocycles. The topological polar surface area (TPSA) is 72.9 Å². The van der Waals surface area contributed by atoms with E-state index in [2.05, 4.69) is 22.6 Å². The maximum Gasteiger partial charge on any atom is 0.344 e. The zero-order chi connectivity index (χ0) is 23.4. The van der Waals surface area contributed by atoms with Crippen molar-refractivity contribution in [2.45, 2.75) is 6.54 Å². The smallest absolute Gasteiger partial charge is 0.344 e. The Hall–Kier alpha value is -3.11. The van der Waals surface area contributed by atoms with Gasteiger partial charge in [-0.1, -0.05) is 48.5 Å². The fourth-order valence-electron chi connectivity index (χ4n) is 3.19. The molecule has 0 bridgehead atoms. The summed E-state index contributed by atoms with van der Waals surface area (Å²) in [7, 11) is 1.47. The Morgan fingerprint density at radius 1 is 1.00 bits per heavy atom. The lowest BCUT2D eigenvalue weighted by molar-refractivity contribution is -0.123. The number of carbonyl (C=O) groups is 3. The molecule has 1 fully saturated rings. The SMILES string of the molecule is COc1cc(/C=C2\SC(=O)N(Cc3ccccc3)C2=O)ccc1OC(=O)c1ccccc1I. The van der Waals surface area contributed by atoms with Crippen LogP contribution in [-0.2, 0) is 11.3 Å². The van der Waals surface area contributed by atoms with Crippen molar-refractivity contribution in [3.8, 4) is 11.5 Å². The number of amides is 2. The first-order chi connectivity index (χ1) is 16.0. The number of carbonyl (C=O) groups excluding carboxylic acids is 3. The van der Waals surface area contributed by atoms with Gasteiger partial charge in [0.15, 0.2) is 11.5 Å². The van der Waals surface area contributed by atoms with Crippen LogP contribution in [0.3, 0.4) is 0 Å². The molecule has 0 atom stereocenters. The summed E-state index contributed by atoms with van der Waals surface area (Å²) in [5, 5.41) is -0.315. The molecule has 3 aromatic rings. The average molecular weight is 571 g/mol. The van der Waals surface area contributed by atoms with Crippen molar-refractivity contribution in [3.63, 3.8) is 0 Å². The number of hydrogen-bond acceptors (Lipinski definition) is 6. The van der Waals surface area contributed by atoms with E-state index in [9.17, 15) is 14.4 Å². The number of rotatable bonds is 6. The second kappa shape index (κ2) is 10.2. The van der Waals surface area contributed by atoms with Crippen LogP contribution in [0, 0.1) is 3.57 Å². The lowest BCUT2D eigenvalue weighted by Crippen LogP contribution is -2.27. The zero-order valence-corrected chi connectivity index (χ0v) is 20.5. The third-order valence-corrected chi connectivity index (χ3v) is 6.69. The molecule has 6 nitrogen and oxygen atoms in total. The third-order valence-electron chi connectivity index (χ3n) is 4.84. The molecule has 0 radical (unpaired) electrons. The fraction of sp³-hybridized carbons (Fsp3) is 0.0800. The lowest BCUT2D eigenvalue weighted by atomic mass is 10.1. The number of thioether (sulfide) groups is 1. The molecule has 1 saturated heterocycles. The van der Waals surface area contributed by atoms with Crippen LogP contribution in [0.4, 0.5) is 4.79 Å². The van der Waals surface area contributed by atoms with E-state index >= 15 is 0 Å². The van der Waals surface area contributed by atoms with Gasteiger partial charge in [0.05, 0.1) is 24.1 Å². The first-order valence-electron chi connectivity index (χ1n) is 9.90. The molecule has 0 N–H and O–H groups in total. The molecule has 0 spiro atoms. The van der Waals surface area contributed by atoms with Crippen LogP contribution in [0.2, 0.25) is 0 Å². The Balaban J connectivity index is 1.53. The Labute approximate surface area is 208 Å². The summed E-state index contributed by atoms with van der Waals surface area (Å²) in [5.74, 6) is -0.238. The van der Waals surface area contributed by atoms with Crippen LogP contribution in [0.5, 0.6) is 11.5 Å². The van der Waals surface area contributed by atoms with Crippen molar-refractivity contribution in [1.82, 2.24) is 4.90 Å². The highest BCUT2D eigenvalue weighted by Crippen LogP contribution is 2.35. The normalized spacial score (nSPS) is 14.6. The summed E-state index contributed by atoms with van der Waals surface area (Å²) in [6.45, 7) is 0.222. The summed E-state index contributed by atoms with van der Waals surface area (Å²) in [6, 6.07) is 21.4. The number of hydrogen-bond donors (Lipinski definition) is 0. The van der Waals surface area contributed by atoms with Crippen LogP contribution < -0.4 is 9.47 Å². The van der Waals surface area contributed by atoms with Crippen molar-refractivity contribution in [3.05, 3.63) is 98.0 Å². The highest BCUT2D eigenvalue weighted by Gasteiger charge is 2.35. The summed E-state index contributed by atoms with van der Waals surface area (Å²) in [6.07, 6.45) is 1.63. The standard InChI is InChI=1S/C25H18INO5S/c1-31-21-13-17(11-12-20(21)32-24(29)18-9-5-6-10-19(18)26)14-22-23(28)27(25(30)33-22)15-16-7-3-2-4-8-16/h2-14H,15H2,1H3/b22-14-. The van der Waals surface area contributed by atoms with Crippen molar-refractivity contribution >= 4 is 57.5 Å². The molecule has 0 aromatic heterocycles. The van der Waals surface area contributed by atoms with E-state index in [1.165, 1.54) is 12.0 Å². The van der Waals surface area contributed by atoms with Gasteiger partial charge >= 0.3 is 5.97 Å². The van der Waals surface area contributed by atoms with Gasteiger partial charge in [-0.2, -0.15) is 0 Å². The minimum absolute atomic E-state index is 0.222. The average Bonchev–Trinajstić information content (AvgIpc) is 3.08. The highest BCUT2D eigenvalue weighted by molar-refractivity contribution is 14.1. The molecule has 0 aliphatic carbocycles. The highest BCUT2D eigenvalue weighted by atomic mass is 127. The van der Waals surface area contributed by atoms with Crippen LogP contribution >= 0.6 is 34.4 Å². The van der Waals surface area contributed by atoms with E-state index in [-0.39, 0.29) is 23.4 Å². The van der Waals surface area contributed by atoms with Gasteiger partial charge in [0, 0.05) is 3.57 Å². The maximum absolute atomic E-state index is 12.8. The number of esters is 1. The van der Waals surface area contributed by atoms with Gasteiger partial charge in [0.2, 0.25) is 0 Å². The fourth-order valence-corrected chi connectivity index (χ4v) is 4.64. The Morgan fingerprint density at radius 2 is 1.73 bits per heavy atom. The largest absolute Gasteiger partial charge is 0.493 e. The molecule has 8 heteroatoms. The van der Waals surface area contributed by atoms with Gasteiger partial charge in [0.25, 0.3) is 11.1 Å². The van der Waals surface area contributed by atoms with Crippen LogP contribution in [0.1, 0.15) is 21.5 Å². The minimum Gasteiger partial charge on any atom is -0.493 e. The second-order valence-corrected chi connectivity index (χ2v) is 9.19. The number of ether oxygens (including phenoxy) is 2. The van der Waals surface area contributed by atoms with E-state index in [0.717, 1.165) is 20.9 Å². The molecule has 33 heavy (non-hydrogen) atoms. The van der Waals surface area contributed by atoms with Crippen molar-refractivity contribution < 1.29 is 23.9 Å². The molecule has 2 amide bonds. The minimum atomic E-state index is -0.493. The molecule has 166 valence electrons. The second-order valence-electron chi connectivity index (χ2n) is 7.03. The van der Waals surface area contributed by atoms with Crippen molar-refractivity contribution in [2.75, 3.05) is 7.11 Å². The van der Waals surface area contributed by atoms with E-state index in [4.69, 9.17) is 9.47 Å². The molecular weight excluding hydrogens is 553 g/mol. The number of nitrogens with zero attached hydrogens (tertiary/aromatic N) is 1. The summed E-state index contributed by atoms with van der Waals surface area (Å²) < 4.78 is 11.7. The van der Waals surface area contributed by atoms with E-state index in [1.54, 1.807) is 36.4 Å². The quantitative estimate of drug-likeness (QED) is 0.162. The monoisotopic (exact) mass is 571 g/mol. The van der Waals surface area contributed by atoms with Crippen LogP contribution in [-0.4, -0.2) is 29.1 Å². The third kappa shape index (κ3) is 5.28. The van der Waals surface area contributed by atoms with E-state index in [0.29, 0.717) is 21.8 Å². The molecule has 1 aliphatic rings. The van der Waals surface area contributed by atoms with E-state index in [1.807, 2.05) is 42.5 Å². The summed E-state index contributed by atoms with van der Waals surface area (Å²) >= 11 is 2.97. The summed E-state index contributed by atoms with van der Waals surface area (Å²) in [4.78, 5) is 39.3. The molecular formula is C25H18INO5S. The number of benzene rings is 3. The number of imide groups is 1. The summed E-state index contributed by atoms with van der Waals surface area (Å²) in [5.41, 5.74) is 1.98. The molecule has 4 rings (SSSR count). The van der Waals surface area contributed by atoms with Gasteiger partial charge < -0.3 is 9.47 Å². The molecule has 1 aliphatic heterocycles. The van der Waals surface area contributed by atoms with Gasteiger partial charge in [-0.15, -0.1) is 0 Å². The van der Waals surface area contributed by atoms with Crippen LogP contribution in [0.25, 0.3) is 6.08 Å². The Morgan fingerprint density at radius 3 is 2.45 bits per heavy atom. The Bertz CT molecular complexity index is 1260. The molecule has 0 unspecified atom stereocenters. The van der Waals surface area contributed by atoms with Gasteiger partial charge in [0.1, 0.15) is 0 Å². The number of halogens is 1. The lowest BCUT2D eigenvalue weighted by Gasteiger charge is -2.12. The maximum atomic E-state index is 12.8. The van der Waals surface area contributed by atoms with Gasteiger partial charge in [-0.05, 0) is 75.8 Å². The zero-order valence-electron chi connectivity index (χ0n) is 17.5. The van der Waals surface area contributed by atoms with Crippen molar-refractivity contribution in [2.24, 2.45) is 0 Å². The first-order valence-corrected chi connectivity index (χ1v) is 11.8. The van der Waals surface area contributed by atoms with E-state index < -0.39 is 5.97 Å². The first kappa shape index (κ1) is 23.1. The van der Waals surface area contributed by atoms with Crippen LogP contribution in [0.15, 0.2) is 77.7 Å². The molecule has 3 aromatic carbocycles. The predicted molar refractivity (Wildman–Crippen MR) is 135 cm³/mol. The van der Waals surface area contributed by atoms with Gasteiger partial charge in [-0.25, -0.2) is 4.79 Å². The molecule has 1 heterocycles. The van der Waals surface area contributed by atoms with Gasteiger partial charge in [-0.3, -0.25) is 14.5 Å².